The Hall–Kier alpha value is -2.57. The maximum Gasteiger partial charge on any atom is 0.254 e. The van der Waals surface area contributed by atoms with E-state index in [0.717, 1.165) is 31.5 Å². The van der Waals surface area contributed by atoms with Gasteiger partial charge in [-0.1, -0.05) is 30.3 Å². The molecule has 3 aliphatic rings. The van der Waals surface area contributed by atoms with Gasteiger partial charge in [0.05, 0.1) is 6.04 Å². The first kappa shape index (κ1) is 18.5. The van der Waals surface area contributed by atoms with E-state index in [-0.39, 0.29) is 18.7 Å². The fourth-order valence-electron chi connectivity index (χ4n) is 4.85. The topological polar surface area (TPSA) is 62.2 Å². The van der Waals surface area contributed by atoms with E-state index in [4.69, 9.17) is 9.47 Å². The van der Waals surface area contributed by atoms with E-state index in [1.54, 1.807) is 18.2 Å². The molecule has 152 valence electrons. The summed E-state index contributed by atoms with van der Waals surface area (Å²) < 4.78 is 10.8. The summed E-state index contributed by atoms with van der Waals surface area (Å²) in [5.74, 6) is 1.26. The number of piperidine rings is 1. The van der Waals surface area contributed by atoms with Crippen molar-refractivity contribution in [1.29, 1.82) is 0 Å². The Labute approximate surface area is 170 Å². The van der Waals surface area contributed by atoms with Gasteiger partial charge in [-0.2, -0.15) is 0 Å². The molecular weight excluding hydrogens is 368 g/mol. The van der Waals surface area contributed by atoms with Crippen LogP contribution in [-0.2, 0) is 5.60 Å². The van der Waals surface area contributed by atoms with Crippen molar-refractivity contribution in [1.82, 2.24) is 9.80 Å². The van der Waals surface area contributed by atoms with Crippen LogP contribution in [0.25, 0.3) is 0 Å². The molecule has 0 bridgehead atoms. The number of hydrogen-bond donors (Lipinski definition) is 1. The molecule has 2 fully saturated rings. The summed E-state index contributed by atoms with van der Waals surface area (Å²) >= 11 is 0. The molecule has 0 unspecified atom stereocenters. The molecule has 2 saturated heterocycles. The number of amides is 1. The summed E-state index contributed by atoms with van der Waals surface area (Å²) in [6.07, 6.45) is 2.80. The summed E-state index contributed by atoms with van der Waals surface area (Å²) in [6.45, 7) is 3.15. The van der Waals surface area contributed by atoms with Crippen LogP contribution in [0.5, 0.6) is 11.5 Å². The van der Waals surface area contributed by atoms with Crippen LogP contribution in [0.2, 0.25) is 0 Å². The molecule has 3 heterocycles. The van der Waals surface area contributed by atoms with Gasteiger partial charge in [0.2, 0.25) is 6.79 Å². The molecule has 0 saturated carbocycles. The molecule has 2 aromatic carbocycles. The predicted molar refractivity (Wildman–Crippen MR) is 108 cm³/mol. The van der Waals surface area contributed by atoms with Crippen LogP contribution in [-0.4, -0.2) is 59.8 Å². The summed E-state index contributed by atoms with van der Waals surface area (Å²) in [5, 5.41) is 11.7. The zero-order valence-electron chi connectivity index (χ0n) is 16.4. The summed E-state index contributed by atoms with van der Waals surface area (Å²) in [7, 11) is 0. The van der Waals surface area contributed by atoms with Crippen LogP contribution >= 0.6 is 0 Å². The van der Waals surface area contributed by atoms with Crippen LogP contribution in [0.4, 0.5) is 0 Å². The Morgan fingerprint density at radius 3 is 2.55 bits per heavy atom. The molecule has 6 nitrogen and oxygen atoms in total. The zero-order valence-corrected chi connectivity index (χ0v) is 16.4. The second-order valence-electron chi connectivity index (χ2n) is 8.12. The van der Waals surface area contributed by atoms with Gasteiger partial charge in [-0.05, 0) is 56.1 Å². The second-order valence-corrected chi connectivity index (χ2v) is 8.12. The van der Waals surface area contributed by atoms with Crippen molar-refractivity contribution in [3.63, 3.8) is 0 Å². The molecule has 2 aromatic rings. The number of hydrogen-bond acceptors (Lipinski definition) is 5. The van der Waals surface area contributed by atoms with Crippen molar-refractivity contribution < 1.29 is 19.4 Å². The molecule has 5 rings (SSSR count). The molecule has 6 heteroatoms. The lowest BCUT2D eigenvalue weighted by Crippen LogP contribution is -2.61. The third-order valence-electron chi connectivity index (χ3n) is 6.47. The highest BCUT2D eigenvalue weighted by atomic mass is 16.7. The third kappa shape index (κ3) is 3.26. The molecule has 0 spiro atoms. The number of carbonyl (C=O) groups is 1. The SMILES string of the molecule is O=C(c1ccc2c(c1)OCO2)N1CC[C@](O)(c2ccccc2)[C@H](N2CCCC2)C1. The van der Waals surface area contributed by atoms with Gasteiger partial charge in [0, 0.05) is 18.7 Å². The smallest absolute Gasteiger partial charge is 0.254 e. The normalized spacial score (nSPS) is 26.7. The van der Waals surface area contributed by atoms with Crippen molar-refractivity contribution in [2.45, 2.75) is 30.9 Å². The van der Waals surface area contributed by atoms with E-state index in [9.17, 15) is 9.90 Å². The molecule has 29 heavy (non-hydrogen) atoms. The average Bonchev–Trinajstić information content (AvgIpc) is 3.45. The van der Waals surface area contributed by atoms with Crippen molar-refractivity contribution in [2.24, 2.45) is 0 Å². The van der Waals surface area contributed by atoms with Gasteiger partial charge >= 0.3 is 0 Å². The molecule has 0 aromatic heterocycles. The van der Waals surface area contributed by atoms with E-state index < -0.39 is 5.60 Å². The van der Waals surface area contributed by atoms with Crippen LogP contribution in [0.1, 0.15) is 35.2 Å². The number of benzene rings is 2. The summed E-state index contributed by atoms with van der Waals surface area (Å²) in [4.78, 5) is 17.5. The summed E-state index contributed by atoms with van der Waals surface area (Å²) in [5.41, 5.74) is 0.587. The lowest BCUT2D eigenvalue weighted by atomic mass is 9.79. The molecular formula is C23H26N2O4. The first-order valence-electron chi connectivity index (χ1n) is 10.4. The monoisotopic (exact) mass is 394 g/mol. The van der Waals surface area contributed by atoms with Gasteiger partial charge in [0.25, 0.3) is 5.91 Å². The van der Waals surface area contributed by atoms with Gasteiger partial charge in [0.15, 0.2) is 11.5 Å². The van der Waals surface area contributed by atoms with Gasteiger partial charge in [-0.15, -0.1) is 0 Å². The highest BCUT2D eigenvalue weighted by Crippen LogP contribution is 2.38. The third-order valence-corrected chi connectivity index (χ3v) is 6.47. The second kappa shape index (κ2) is 7.35. The number of likely N-dealkylation sites (tertiary alicyclic amines) is 2. The minimum atomic E-state index is -0.947. The quantitative estimate of drug-likeness (QED) is 0.867. The Kier molecular flexibility index (Phi) is 4.68. The highest BCUT2D eigenvalue weighted by molar-refractivity contribution is 5.95. The Morgan fingerprint density at radius 2 is 1.76 bits per heavy atom. The predicted octanol–water partition coefficient (Wildman–Crippen LogP) is 2.61. The van der Waals surface area contributed by atoms with Crippen molar-refractivity contribution in [3.8, 4) is 11.5 Å². The standard InChI is InChI=1S/C23H26N2O4/c26-22(17-8-9-19-20(14-17)29-16-28-19)25-13-10-23(27,18-6-2-1-3-7-18)21(15-25)24-11-4-5-12-24/h1-3,6-9,14,21,27H,4-5,10-13,15-16H2/t21-,23+/m1/s1. The molecule has 2 atom stereocenters. The molecule has 0 radical (unpaired) electrons. The maximum atomic E-state index is 13.2. The minimum Gasteiger partial charge on any atom is -0.454 e. The molecule has 1 amide bonds. The van der Waals surface area contributed by atoms with E-state index in [0.29, 0.717) is 36.6 Å². The van der Waals surface area contributed by atoms with Crippen molar-refractivity contribution >= 4 is 5.91 Å². The number of carbonyl (C=O) groups excluding carboxylic acids is 1. The summed E-state index contributed by atoms with van der Waals surface area (Å²) in [6, 6.07) is 15.1. The highest BCUT2D eigenvalue weighted by Gasteiger charge is 2.47. The first-order chi connectivity index (χ1) is 14.1. The molecule has 3 aliphatic heterocycles. The van der Waals surface area contributed by atoms with E-state index in [1.807, 2.05) is 35.2 Å². The van der Waals surface area contributed by atoms with E-state index >= 15 is 0 Å². The lowest BCUT2D eigenvalue weighted by Gasteiger charge is -2.48. The van der Waals surface area contributed by atoms with Crippen molar-refractivity contribution in [3.05, 3.63) is 59.7 Å². The Balaban J connectivity index is 1.42. The van der Waals surface area contributed by atoms with Gasteiger partial charge < -0.3 is 19.5 Å². The van der Waals surface area contributed by atoms with Crippen LogP contribution in [0.15, 0.2) is 48.5 Å². The fourth-order valence-corrected chi connectivity index (χ4v) is 4.85. The Bertz CT molecular complexity index is 897. The zero-order chi connectivity index (χ0) is 19.8. The molecule has 1 N–H and O–H groups in total. The van der Waals surface area contributed by atoms with Gasteiger partial charge in [-0.3, -0.25) is 9.69 Å². The van der Waals surface area contributed by atoms with Gasteiger partial charge in [-0.25, -0.2) is 0 Å². The molecule has 0 aliphatic carbocycles. The number of fused-ring (bicyclic) bond motifs is 1. The van der Waals surface area contributed by atoms with Crippen LogP contribution in [0.3, 0.4) is 0 Å². The minimum absolute atomic E-state index is 0.0254. The van der Waals surface area contributed by atoms with E-state index in [1.165, 1.54) is 0 Å². The van der Waals surface area contributed by atoms with Crippen LogP contribution in [0, 0.1) is 0 Å². The van der Waals surface area contributed by atoms with Crippen LogP contribution < -0.4 is 9.47 Å². The number of ether oxygens (including phenoxy) is 2. The van der Waals surface area contributed by atoms with Gasteiger partial charge in [0.1, 0.15) is 5.60 Å². The van der Waals surface area contributed by atoms with Crippen molar-refractivity contribution in [2.75, 3.05) is 33.0 Å². The maximum absolute atomic E-state index is 13.2. The largest absolute Gasteiger partial charge is 0.454 e. The number of nitrogens with zero attached hydrogens (tertiary/aromatic N) is 2. The first-order valence-corrected chi connectivity index (χ1v) is 10.4. The number of aliphatic hydroxyl groups is 1. The lowest BCUT2D eigenvalue weighted by molar-refractivity contribution is -0.0878. The Morgan fingerprint density at radius 1 is 1.00 bits per heavy atom. The van der Waals surface area contributed by atoms with E-state index in [2.05, 4.69) is 4.90 Å². The fraction of sp³-hybridized carbons (Fsp3) is 0.435. The average molecular weight is 394 g/mol. The number of rotatable bonds is 3.